The third-order valence-corrected chi connectivity index (χ3v) is 2.26. The molecule has 0 atom stereocenters. The van der Waals surface area contributed by atoms with Gasteiger partial charge in [-0.3, -0.25) is 10.1 Å². The van der Waals surface area contributed by atoms with Crippen molar-refractivity contribution in [3.63, 3.8) is 0 Å². The number of carbonyl (C=O) groups is 2. The number of hydrogen-bond donors (Lipinski definition) is 2. The number of nitrogens with one attached hydrogen (secondary N) is 1. The largest absolute Gasteiger partial charge is 0.481 e. The van der Waals surface area contributed by atoms with Crippen LogP contribution in [0.4, 0.5) is 9.80 Å². The van der Waals surface area contributed by atoms with Gasteiger partial charge in [0.15, 0.2) is 0 Å². The Balaban J connectivity index is 2.55. The van der Waals surface area contributed by atoms with Crippen molar-refractivity contribution >= 4 is 28.6 Å². The lowest BCUT2D eigenvalue weighted by Crippen LogP contribution is -2.26. The summed E-state index contributed by atoms with van der Waals surface area (Å²) in [5.41, 5.74) is -0.160. The summed E-state index contributed by atoms with van der Waals surface area (Å²) < 4.78 is 8.94. The van der Waals surface area contributed by atoms with Gasteiger partial charge in [0.05, 0.1) is 12.1 Å². The van der Waals surface area contributed by atoms with Crippen LogP contribution in [0.2, 0.25) is 0 Å². The molecule has 0 fully saturated rings. The number of ether oxygens (including phenoxy) is 1. The Bertz CT molecular complexity index is 422. The maximum atomic E-state index is 11.4. The second-order valence-electron chi connectivity index (χ2n) is 4.38. The Hall–Kier alpha value is -1.63. The predicted octanol–water partition coefficient (Wildman–Crippen LogP) is 2.12. The monoisotopic (exact) mass is 258 g/mol. The molecular weight excluding hydrogens is 244 g/mol. The molecular formula is C10H14N2O4S. The predicted molar refractivity (Wildman–Crippen MR) is 63.3 cm³/mol. The minimum absolute atomic E-state index is 0.160. The molecule has 7 heteroatoms. The highest BCUT2D eigenvalue weighted by Gasteiger charge is 2.17. The van der Waals surface area contributed by atoms with Gasteiger partial charge in [0.2, 0.25) is 0 Å². The minimum Gasteiger partial charge on any atom is -0.481 e. The van der Waals surface area contributed by atoms with Crippen LogP contribution in [0, 0.1) is 0 Å². The molecule has 0 aliphatic heterocycles. The molecule has 0 aliphatic rings. The quantitative estimate of drug-likeness (QED) is 0.866. The van der Waals surface area contributed by atoms with Crippen molar-refractivity contribution in [2.45, 2.75) is 32.8 Å². The van der Waals surface area contributed by atoms with Gasteiger partial charge in [0, 0.05) is 0 Å². The lowest BCUT2D eigenvalue weighted by atomic mass is 10.2. The summed E-state index contributed by atoms with van der Waals surface area (Å²) in [4.78, 5) is 21.8. The van der Waals surface area contributed by atoms with Gasteiger partial charge in [-0.25, -0.2) is 4.79 Å². The molecule has 6 nitrogen and oxygen atoms in total. The summed E-state index contributed by atoms with van der Waals surface area (Å²) in [5.74, 6) is -0.959. The number of carboxylic acid groups (broad SMARTS) is 1. The Kier molecular flexibility index (Phi) is 4.06. The Labute approximate surface area is 103 Å². The molecule has 94 valence electrons. The van der Waals surface area contributed by atoms with E-state index < -0.39 is 17.7 Å². The Morgan fingerprint density at radius 1 is 1.53 bits per heavy atom. The molecule has 1 amide bonds. The number of rotatable bonds is 3. The average Bonchev–Trinajstić information content (AvgIpc) is 2.46. The van der Waals surface area contributed by atoms with E-state index in [4.69, 9.17) is 9.84 Å². The highest BCUT2D eigenvalue weighted by molar-refractivity contribution is 7.10. The van der Waals surface area contributed by atoms with E-state index in [-0.39, 0.29) is 6.42 Å². The number of amides is 1. The Morgan fingerprint density at radius 3 is 2.71 bits per heavy atom. The molecule has 1 aromatic heterocycles. The third kappa shape index (κ3) is 5.30. The number of anilines is 1. The first-order valence-corrected chi connectivity index (χ1v) is 5.71. The van der Waals surface area contributed by atoms with E-state index in [9.17, 15) is 9.59 Å². The summed E-state index contributed by atoms with van der Waals surface area (Å²) in [5, 5.41) is 11.5. The van der Waals surface area contributed by atoms with Gasteiger partial charge in [-0.2, -0.15) is 4.37 Å². The molecule has 0 saturated heterocycles. The first-order valence-electron chi connectivity index (χ1n) is 4.93. The topological polar surface area (TPSA) is 88.5 Å². The summed E-state index contributed by atoms with van der Waals surface area (Å²) in [6, 6.07) is 1.52. The zero-order chi connectivity index (χ0) is 13.1. The van der Waals surface area contributed by atoms with Crippen molar-refractivity contribution in [1.29, 1.82) is 0 Å². The second kappa shape index (κ2) is 5.13. The summed E-state index contributed by atoms with van der Waals surface area (Å²) in [6.45, 7) is 5.28. The van der Waals surface area contributed by atoms with Gasteiger partial charge in [-0.1, -0.05) is 0 Å². The maximum Gasteiger partial charge on any atom is 0.412 e. The third-order valence-electron chi connectivity index (χ3n) is 1.52. The van der Waals surface area contributed by atoms with E-state index >= 15 is 0 Å². The molecule has 0 aromatic carbocycles. The molecule has 0 spiro atoms. The van der Waals surface area contributed by atoms with Crippen molar-refractivity contribution in [2.75, 3.05) is 5.32 Å². The van der Waals surface area contributed by atoms with Gasteiger partial charge in [-0.15, -0.1) is 0 Å². The van der Waals surface area contributed by atoms with Crippen LogP contribution >= 0.6 is 11.5 Å². The van der Waals surface area contributed by atoms with Gasteiger partial charge in [0.1, 0.15) is 10.6 Å². The van der Waals surface area contributed by atoms with E-state index in [1.807, 2.05) is 0 Å². The first-order chi connectivity index (χ1) is 7.76. The van der Waals surface area contributed by atoms with Gasteiger partial charge in [0.25, 0.3) is 0 Å². The molecule has 0 saturated carbocycles. The lowest BCUT2D eigenvalue weighted by molar-refractivity contribution is -0.136. The van der Waals surface area contributed by atoms with E-state index in [2.05, 4.69) is 9.69 Å². The fourth-order valence-electron chi connectivity index (χ4n) is 1.01. The van der Waals surface area contributed by atoms with Gasteiger partial charge >= 0.3 is 12.1 Å². The number of carbonyl (C=O) groups excluding carboxylic acids is 1. The SMILES string of the molecule is CC(C)(C)OC(=O)Nc1cc(CC(=O)O)ns1. The zero-order valence-corrected chi connectivity index (χ0v) is 10.6. The number of aromatic nitrogens is 1. The summed E-state index contributed by atoms with van der Waals surface area (Å²) >= 11 is 1.02. The van der Waals surface area contributed by atoms with Crippen LogP contribution in [0.25, 0.3) is 0 Å². The normalized spacial score (nSPS) is 11.0. The number of carboxylic acids is 1. The smallest absolute Gasteiger partial charge is 0.412 e. The molecule has 1 rings (SSSR count). The van der Waals surface area contributed by atoms with Crippen molar-refractivity contribution < 1.29 is 19.4 Å². The zero-order valence-electron chi connectivity index (χ0n) is 9.81. The minimum atomic E-state index is -0.959. The molecule has 0 unspecified atom stereocenters. The molecule has 0 radical (unpaired) electrons. The van der Waals surface area contributed by atoms with Crippen molar-refractivity contribution in [2.24, 2.45) is 0 Å². The van der Waals surface area contributed by atoms with Crippen molar-refractivity contribution in [3.05, 3.63) is 11.8 Å². The molecule has 1 aromatic rings. The standard InChI is InChI=1S/C10H14N2O4S/c1-10(2,3)16-9(15)11-7-4-6(12-17-7)5-8(13)14/h4H,5H2,1-3H3,(H,11,15)(H,13,14). The van der Waals surface area contributed by atoms with Gasteiger partial charge < -0.3 is 9.84 Å². The summed E-state index contributed by atoms with van der Waals surface area (Å²) in [6.07, 6.45) is -0.741. The molecule has 2 N–H and O–H groups in total. The van der Waals surface area contributed by atoms with Gasteiger partial charge in [-0.05, 0) is 38.4 Å². The fourth-order valence-corrected chi connectivity index (χ4v) is 1.66. The second-order valence-corrected chi connectivity index (χ2v) is 5.18. The van der Waals surface area contributed by atoms with Crippen molar-refractivity contribution in [3.8, 4) is 0 Å². The highest BCUT2D eigenvalue weighted by atomic mass is 32.1. The van der Waals surface area contributed by atoms with Crippen LogP contribution in [0.1, 0.15) is 26.5 Å². The molecule has 1 heterocycles. The molecule has 0 bridgehead atoms. The van der Waals surface area contributed by atoms with Crippen molar-refractivity contribution in [1.82, 2.24) is 4.37 Å². The first kappa shape index (κ1) is 13.4. The number of nitrogens with zero attached hydrogens (tertiary/aromatic N) is 1. The van der Waals surface area contributed by atoms with Crippen LogP contribution in [0.3, 0.4) is 0 Å². The van der Waals surface area contributed by atoms with Crippen LogP contribution in [0.5, 0.6) is 0 Å². The summed E-state index contributed by atoms with van der Waals surface area (Å²) in [7, 11) is 0. The lowest BCUT2D eigenvalue weighted by Gasteiger charge is -2.19. The van der Waals surface area contributed by atoms with E-state index in [0.29, 0.717) is 10.7 Å². The van der Waals surface area contributed by atoms with Crippen LogP contribution in [-0.2, 0) is 16.0 Å². The maximum absolute atomic E-state index is 11.4. The van der Waals surface area contributed by atoms with Crippen LogP contribution < -0.4 is 5.32 Å². The van der Waals surface area contributed by atoms with E-state index in [0.717, 1.165) is 11.5 Å². The Morgan fingerprint density at radius 2 is 2.18 bits per heavy atom. The van der Waals surface area contributed by atoms with Crippen LogP contribution in [0.15, 0.2) is 6.07 Å². The van der Waals surface area contributed by atoms with Crippen LogP contribution in [-0.4, -0.2) is 27.1 Å². The van der Waals surface area contributed by atoms with E-state index in [1.165, 1.54) is 6.07 Å². The average molecular weight is 258 g/mol. The number of aliphatic carboxylic acids is 1. The molecule has 17 heavy (non-hydrogen) atoms. The number of hydrogen-bond acceptors (Lipinski definition) is 5. The fraction of sp³-hybridized carbons (Fsp3) is 0.500. The van der Waals surface area contributed by atoms with E-state index in [1.54, 1.807) is 20.8 Å². The highest BCUT2D eigenvalue weighted by Crippen LogP contribution is 2.18. The molecule has 0 aliphatic carbocycles.